The number of aryl methyl sites for hydroxylation is 1. The van der Waals surface area contributed by atoms with Crippen molar-refractivity contribution in [2.45, 2.75) is 33.1 Å². The van der Waals surface area contributed by atoms with Crippen LogP contribution >= 0.6 is 0 Å². The molecule has 0 radical (unpaired) electrons. The number of hydrogen-bond acceptors (Lipinski definition) is 5. The number of anilines is 1. The number of aromatic amines is 1. The number of halogens is 1. The summed E-state index contributed by atoms with van der Waals surface area (Å²) in [6, 6.07) is 3.57. The highest BCUT2D eigenvalue weighted by Crippen LogP contribution is 2.25. The Labute approximate surface area is 163 Å². The highest BCUT2D eigenvalue weighted by Gasteiger charge is 2.20. The van der Waals surface area contributed by atoms with Crippen molar-refractivity contribution in [2.75, 3.05) is 25.0 Å². The lowest BCUT2D eigenvalue weighted by atomic mass is 10.1. The molecule has 1 saturated heterocycles. The van der Waals surface area contributed by atoms with Crippen LogP contribution in [-0.2, 0) is 9.59 Å². The van der Waals surface area contributed by atoms with Gasteiger partial charge in [-0.25, -0.2) is 4.39 Å². The van der Waals surface area contributed by atoms with Crippen LogP contribution in [0.1, 0.15) is 31.9 Å². The second kappa shape index (κ2) is 10.5. The molecule has 3 heterocycles. The molecule has 2 aromatic heterocycles. The number of carbonyl (C=O) groups excluding carboxylic acids is 1. The third-order valence-corrected chi connectivity index (χ3v) is 4.47. The Morgan fingerprint density at radius 3 is 2.71 bits per heavy atom. The second-order valence-electron chi connectivity index (χ2n) is 6.92. The molecular formula is C19H26FN5O3. The molecule has 1 aliphatic rings. The first-order valence-electron chi connectivity index (χ1n) is 9.21. The summed E-state index contributed by atoms with van der Waals surface area (Å²) >= 11 is 0. The van der Waals surface area contributed by atoms with Crippen molar-refractivity contribution < 1.29 is 19.1 Å². The van der Waals surface area contributed by atoms with Crippen LogP contribution in [0.3, 0.4) is 0 Å². The van der Waals surface area contributed by atoms with E-state index >= 15 is 0 Å². The third kappa shape index (κ3) is 6.12. The number of pyridine rings is 1. The number of nitrogens with zero attached hydrogens (tertiary/aromatic N) is 3. The van der Waals surface area contributed by atoms with Crippen molar-refractivity contribution in [1.29, 1.82) is 0 Å². The van der Waals surface area contributed by atoms with E-state index in [9.17, 15) is 9.18 Å². The van der Waals surface area contributed by atoms with Crippen LogP contribution in [0, 0.1) is 18.7 Å². The number of likely N-dealkylation sites (tertiary alicyclic amines) is 1. The first-order chi connectivity index (χ1) is 13.4. The summed E-state index contributed by atoms with van der Waals surface area (Å²) in [5.41, 5.74) is 1.68. The van der Waals surface area contributed by atoms with Crippen molar-refractivity contribution in [2.24, 2.45) is 5.92 Å². The highest BCUT2D eigenvalue weighted by molar-refractivity contribution is 5.90. The van der Waals surface area contributed by atoms with Crippen molar-refractivity contribution >= 4 is 18.2 Å². The molecule has 9 heteroatoms. The monoisotopic (exact) mass is 391 g/mol. The van der Waals surface area contributed by atoms with Gasteiger partial charge in [-0.15, -0.1) is 0 Å². The van der Waals surface area contributed by atoms with Gasteiger partial charge in [-0.05, 0) is 50.9 Å². The molecule has 3 N–H and O–H groups in total. The van der Waals surface area contributed by atoms with E-state index < -0.39 is 5.82 Å². The van der Waals surface area contributed by atoms with Gasteiger partial charge in [0.2, 0.25) is 5.91 Å². The normalized spacial score (nSPS) is 14.8. The van der Waals surface area contributed by atoms with Crippen LogP contribution in [0.15, 0.2) is 18.3 Å². The average Bonchev–Trinajstić information content (AvgIpc) is 3.27. The van der Waals surface area contributed by atoms with Crippen LogP contribution in [0.5, 0.6) is 0 Å². The summed E-state index contributed by atoms with van der Waals surface area (Å²) in [6.45, 7) is 6.77. The van der Waals surface area contributed by atoms with Crippen molar-refractivity contribution in [3.8, 4) is 11.3 Å². The Balaban J connectivity index is 0.000000878. The largest absolute Gasteiger partial charge is 0.483 e. The maximum atomic E-state index is 14.5. The van der Waals surface area contributed by atoms with E-state index in [2.05, 4.69) is 25.4 Å². The predicted octanol–water partition coefficient (Wildman–Crippen LogP) is 2.68. The van der Waals surface area contributed by atoms with Crippen LogP contribution < -0.4 is 5.32 Å². The Bertz CT molecular complexity index is 772. The van der Waals surface area contributed by atoms with Gasteiger partial charge in [0.05, 0.1) is 0 Å². The van der Waals surface area contributed by atoms with Gasteiger partial charge in [-0.3, -0.25) is 19.7 Å². The smallest absolute Gasteiger partial charge is 0.290 e. The summed E-state index contributed by atoms with van der Waals surface area (Å²) in [6.07, 6.45) is 4.39. The van der Waals surface area contributed by atoms with Crippen LogP contribution in [0.4, 0.5) is 10.2 Å². The number of carbonyl (C=O) groups is 2. The molecule has 152 valence electrons. The van der Waals surface area contributed by atoms with Crippen LogP contribution in [-0.4, -0.2) is 57.2 Å². The first kappa shape index (κ1) is 21.5. The zero-order chi connectivity index (χ0) is 20.5. The average molecular weight is 391 g/mol. The van der Waals surface area contributed by atoms with Gasteiger partial charge in [0.25, 0.3) is 6.47 Å². The molecule has 0 saturated carbocycles. The summed E-state index contributed by atoms with van der Waals surface area (Å²) in [4.78, 5) is 27.1. The molecule has 0 aromatic carbocycles. The lowest BCUT2D eigenvalue weighted by Crippen LogP contribution is -2.28. The number of amides is 1. The summed E-state index contributed by atoms with van der Waals surface area (Å²) < 4.78 is 14.5. The number of aromatic nitrogens is 3. The molecule has 1 unspecified atom stereocenters. The van der Waals surface area contributed by atoms with Crippen molar-refractivity contribution in [3.63, 3.8) is 0 Å². The summed E-state index contributed by atoms with van der Waals surface area (Å²) in [5, 5.41) is 16.0. The standard InChI is InChI=1S/C18H24FN5O.CH2O2/c1-12(11-24-7-3-4-8-24)9-15(25)21-18-16(19)17(22-23-18)14-6-5-13(2)20-10-14;2-1-3/h5-6,10,12H,3-4,7-9,11H2,1-2H3,(H2,21,22,23,25);1H,(H,2,3). The number of rotatable bonds is 6. The predicted molar refractivity (Wildman–Crippen MR) is 103 cm³/mol. The third-order valence-electron chi connectivity index (χ3n) is 4.47. The van der Waals surface area contributed by atoms with Gasteiger partial charge in [-0.2, -0.15) is 5.10 Å². The van der Waals surface area contributed by atoms with Crippen LogP contribution in [0.25, 0.3) is 11.3 Å². The van der Waals surface area contributed by atoms with Gasteiger partial charge in [0.1, 0.15) is 5.69 Å². The minimum absolute atomic E-state index is 0.0612. The topological polar surface area (TPSA) is 111 Å². The lowest BCUT2D eigenvalue weighted by molar-refractivity contribution is -0.123. The van der Waals surface area contributed by atoms with Gasteiger partial charge < -0.3 is 15.3 Å². The molecule has 1 atom stereocenters. The second-order valence-corrected chi connectivity index (χ2v) is 6.92. The van der Waals surface area contributed by atoms with Crippen molar-refractivity contribution in [1.82, 2.24) is 20.1 Å². The first-order valence-corrected chi connectivity index (χ1v) is 9.21. The van der Waals surface area contributed by atoms with Crippen LogP contribution in [0.2, 0.25) is 0 Å². The molecule has 28 heavy (non-hydrogen) atoms. The van der Waals surface area contributed by atoms with E-state index in [1.807, 2.05) is 13.8 Å². The quantitative estimate of drug-likeness (QED) is 0.653. The fraction of sp³-hybridized carbons (Fsp3) is 0.474. The molecule has 0 aliphatic carbocycles. The Morgan fingerprint density at radius 1 is 1.43 bits per heavy atom. The number of carboxylic acid groups (broad SMARTS) is 1. The Hall–Kier alpha value is -2.81. The fourth-order valence-electron chi connectivity index (χ4n) is 3.19. The molecule has 1 fully saturated rings. The molecule has 1 amide bonds. The van der Waals surface area contributed by atoms with E-state index in [1.54, 1.807) is 18.3 Å². The van der Waals surface area contributed by atoms with E-state index in [-0.39, 0.29) is 29.8 Å². The molecule has 0 bridgehead atoms. The minimum atomic E-state index is -0.564. The maximum Gasteiger partial charge on any atom is 0.290 e. The number of H-pyrrole nitrogens is 1. The van der Waals surface area contributed by atoms with Crippen molar-refractivity contribution in [3.05, 3.63) is 29.8 Å². The van der Waals surface area contributed by atoms with E-state index in [1.165, 1.54) is 12.8 Å². The van der Waals surface area contributed by atoms with E-state index in [4.69, 9.17) is 9.90 Å². The van der Waals surface area contributed by atoms with E-state index in [0.29, 0.717) is 12.0 Å². The highest BCUT2D eigenvalue weighted by atomic mass is 19.1. The molecule has 3 rings (SSSR count). The fourth-order valence-corrected chi connectivity index (χ4v) is 3.19. The number of hydrogen-bond donors (Lipinski definition) is 3. The molecular weight excluding hydrogens is 365 g/mol. The zero-order valence-corrected chi connectivity index (χ0v) is 16.1. The lowest BCUT2D eigenvalue weighted by Gasteiger charge is -2.19. The summed E-state index contributed by atoms with van der Waals surface area (Å²) in [5.74, 6) is -0.619. The molecule has 1 aliphatic heterocycles. The van der Waals surface area contributed by atoms with Gasteiger partial charge >= 0.3 is 0 Å². The van der Waals surface area contributed by atoms with Gasteiger partial charge in [0, 0.05) is 30.4 Å². The zero-order valence-electron chi connectivity index (χ0n) is 16.1. The maximum absolute atomic E-state index is 14.5. The van der Waals surface area contributed by atoms with Gasteiger partial charge in [0.15, 0.2) is 11.6 Å². The molecule has 8 nitrogen and oxygen atoms in total. The molecule has 2 aromatic rings. The summed E-state index contributed by atoms with van der Waals surface area (Å²) in [7, 11) is 0. The van der Waals surface area contributed by atoms with E-state index in [0.717, 1.165) is 25.3 Å². The Kier molecular flexibility index (Phi) is 8.06. The molecule has 0 spiro atoms. The number of nitrogens with one attached hydrogen (secondary N) is 2. The minimum Gasteiger partial charge on any atom is -0.483 e. The van der Waals surface area contributed by atoms with Gasteiger partial charge in [-0.1, -0.05) is 6.92 Å². The Morgan fingerprint density at radius 2 is 2.11 bits per heavy atom. The SMILES string of the molecule is Cc1ccc(-c2[nH]nc(NC(=O)CC(C)CN3CCCC3)c2F)cn1.O=CO.